The summed E-state index contributed by atoms with van der Waals surface area (Å²) in [5.41, 5.74) is 2.33. The number of tetrazole rings is 1. The second kappa shape index (κ2) is 9.05. The molecule has 0 aliphatic carbocycles. The van der Waals surface area contributed by atoms with Crippen LogP contribution in [-0.4, -0.2) is 44.8 Å². The van der Waals surface area contributed by atoms with Crippen molar-refractivity contribution in [1.82, 2.24) is 25.9 Å². The van der Waals surface area contributed by atoms with Gasteiger partial charge >= 0.3 is 5.97 Å². The maximum Gasteiger partial charge on any atom is 0.307 e. The summed E-state index contributed by atoms with van der Waals surface area (Å²) in [7, 11) is 0. The van der Waals surface area contributed by atoms with E-state index in [1.54, 1.807) is 6.07 Å². The van der Waals surface area contributed by atoms with Crippen LogP contribution in [0.3, 0.4) is 0 Å². The molecule has 8 heteroatoms. The Morgan fingerprint density at radius 2 is 2.18 bits per heavy atom. The first-order valence-corrected chi connectivity index (χ1v) is 9.60. The lowest BCUT2D eigenvalue weighted by Gasteiger charge is -2.23. The van der Waals surface area contributed by atoms with E-state index in [4.69, 9.17) is 0 Å². The summed E-state index contributed by atoms with van der Waals surface area (Å²) in [6, 6.07) is 5.15. The molecule has 0 spiro atoms. The van der Waals surface area contributed by atoms with Crippen molar-refractivity contribution in [2.24, 2.45) is 11.8 Å². The maximum atomic E-state index is 14.8. The first-order valence-electron chi connectivity index (χ1n) is 9.60. The summed E-state index contributed by atoms with van der Waals surface area (Å²) in [5.74, 6) is -1.80. The smallest absolute Gasteiger partial charge is 0.307 e. The Morgan fingerprint density at radius 1 is 1.36 bits per heavy atom. The number of benzene rings is 1. The monoisotopic (exact) mass is 387 g/mol. The summed E-state index contributed by atoms with van der Waals surface area (Å²) in [6.07, 6.45) is 3.61. The van der Waals surface area contributed by atoms with Crippen molar-refractivity contribution >= 4 is 11.5 Å². The van der Waals surface area contributed by atoms with Gasteiger partial charge in [0.15, 0.2) is 5.82 Å². The van der Waals surface area contributed by atoms with Crippen molar-refractivity contribution in [3.05, 3.63) is 47.0 Å². The van der Waals surface area contributed by atoms with Gasteiger partial charge in [-0.3, -0.25) is 4.79 Å². The van der Waals surface area contributed by atoms with Crippen molar-refractivity contribution in [2.75, 3.05) is 13.1 Å². The molecule has 1 aromatic carbocycles. The lowest BCUT2D eigenvalue weighted by atomic mass is 9.81. The molecule has 2 unspecified atom stereocenters. The molecule has 150 valence electrons. The Balaban J connectivity index is 1.87. The highest BCUT2D eigenvalue weighted by Crippen LogP contribution is 2.32. The highest BCUT2D eigenvalue weighted by Gasteiger charge is 2.33. The van der Waals surface area contributed by atoms with Gasteiger partial charge in [-0.2, -0.15) is 5.21 Å². The van der Waals surface area contributed by atoms with Gasteiger partial charge in [-0.1, -0.05) is 37.3 Å². The number of nitrogens with zero attached hydrogens (tertiary/aromatic N) is 3. The number of carbonyl (C=O) groups is 1. The van der Waals surface area contributed by atoms with E-state index in [1.807, 2.05) is 26.0 Å². The molecule has 2 aromatic rings. The Hall–Kier alpha value is -2.61. The molecule has 2 heterocycles. The number of aromatic nitrogens is 4. The SMILES string of the molecule is CC(C)CC(C(=O)O)C(Cc1ccc(C2=CCNCC2)c(F)c1)c1nn[nH]n1. The number of carboxylic acids is 1. The van der Waals surface area contributed by atoms with Crippen molar-refractivity contribution in [1.29, 1.82) is 0 Å². The van der Waals surface area contributed by atoms with Crippen LogP contribution in [0, 0.1) is 17.7 Å². The molecule has 1 aliphatic heterocycles. The van der Waals surface area contributed by atoms with Gasteiger partial charge in [-0.15, -0.1) is 10.2 Å². The van der Waals surface area contributed by atoms with Crippen molar-refractivity contribution in [2.45, 2.75) is 39.0 Å². The summed E-state index contributed by atoms with van der Waals surface area (Å²) >= 11 is 0. The fourth-order valence-corrected chi connectivity index (χ4v) is 3.75. The molecule has 0 saturated carbocycles. The van der Waals surface area contributed by atoms with E-state index >= 15 is 0 Å². The third-order valence-corrected chi connectivity index (χ3v) is 5.12. The average molecular weight is 387 g/mol. The average Bonchev–Trinajstić information content (AvgIpc) is 3.19. The summed E-state index contributed by atoms with van der Waals surface area (Å²) in [5, 5.41) is 27.0. The summed E-state index contributed by atoms with van der Waals surface area (Å²) < 4.78 is 14.8. The molecule has 0 bridgehead atoms. The minimum absolute atomic E-state index is 0.196. The van der Waals surface area contributed by atoms with E-state index < -0.39 is 17.8 Å². The molecule has 0 amide bonds. The van der Waals surface area contributed by atoms with Gasteiger partial charge in [0.05, 0.1) is 5.92 Å². The molecular weight excluding hydrogens is 361 g/mol. The van der Waals surface area contributed by atoms with Crippen molar-refractivity contribution < 1.29 is 14.3 Å². The normalized spacial score (nSPS) is 16.6. The Bertz CT molecular complexity index is 835. The molecule has 0 saturated heterocycles. The number of H-pyrrole nitrogens is 1. The zero-order valence-electron chi connectivity index (χ0n) is 16.2. The van der Waals surface area contributed by atoms with Gasteiger partial charge < -0.3 is 10.4 Å². The van der Waals surface area contributed by atoms with E-state index in [-0.39, 0.29) is 11.7 Å². The maximum absolute atomic E-state index is 14.8. The highest BCUT2D eigenvalue weighted by atomic mass is 19.1. The molecule has 1 aromatic heterocycles. The van der Waals surface area contributed by atoms with Gasteiger partial charge in [-0.25, -0.2) is 4.39 Å². The topological polar surface area (TPSA) is 104 Å². The number of hydrogen-bond acceptors (Lipinski definition) is 5. The van der Waals surface area contributed by atoms with Gasteiger partial charge in [0.25, 0.3) is 0 Å². The summed E-state index contributed by atoms with van der Waals surface area (Å²) in [6.45, 7) is 5.53. The van der Waals surface area contributed by atoms with Crippen LogP contribution in [0.5, 0.6) is 0 Å². The zero-order chi connectivity index (χ0) is 20.1. The van der Waals surface area contributed by atoms with E-state index in [2.05, 4.69) is 25.9 Å². The lowest BCUT2D eigenvalue weighted by Crippen LogP contribution is -2.26. The fourth-order valence-electron chi connectivity index (χ4n) is 3.75. The predicted molar refractivity (Wildman–Crippen MR) is 103 cm³/mol. The molecule has 3 N–H and O–H groups in total. The van der Waals surface area contributed by atoms with Crippen LogP contribution in [0.4, 0.5) is 4.39 Å². The third-order valence-electron chi connectivity index (χ3n) is 5.12. The second-order valence-electron chi connectivity index (χ2n) is 7.65. The van der Waals surface area contributed by atoms with Crippen LogP contribution in [0.15, 0.2) is 24.3 Å². The molecule has 3 rings (SSSR count). The molecular formula is C20H26FN5O2. The van der Waals surface area contributed by atoms with E-state index in [1.165, 1.54) is 6.07 Å². The van der Waals surface area contributed by atoms with E-state index in [9.17, 15) is 14.3 Å². The molecule has 1 aliphatic rings. The van der Waals surface area contributed by atoms with Gasteiger partial charge in [0, 0.05) is 18.0 Å². The molecule has 2 atom stereocenters. The van der Waals surface area contributed by atoms with Crippen molar-refractivity contribution in [3.63, 3.8) is 0 Å². The number of nitrogens with one attached hydrogen (secondary N) is 2. The number of rotatable bonds is 8. The second-order valence-corrected chi connectivity index (χ2v) is 7.65. The predicted octanol–water partition coefficient (Wildman–Crippen LogP) is 2.79. The Morgan fingerprint density at radius 3 is 2.75 bits per heavy atom. The highest BCUT2D eigenvalue weighted by molar-refractivity contribution is 5.71. The quantitative estimate of drug-likeness (QED) is 0.643. The summed E-state index contributed by atoms with van der Waals surface area (Å²) in [4.78, 5) is 11.9. The van der Waals surface area contributed by atoms with E-state index in [0.717, 1.165) is 30.6 Å². The largest absolute Gasteiger partial charge is 0.481 e. The number of halogens is 1. The van der Waals surface area contributed by atoms with E-state index in [0.29, 0.717) is 24.2 Å². The number of aliphatic carboxylic acids is 1. The van der Waals surface area contributed by atoms with Gasteiger partial charge in [0.1, 0.15) is 5.82 Å². The Kier molecular flexibility index (Phi) is 6.51. The minimum Gasteiger partial charge on any atom is -0.481 e. The van der Waals surface area contributed by atoms with Crippen LogP contribution in [0.1, 0.15) is 49.6 Å². The number of aromatic amines is 1. The van der Waals surface area contributed by atoms with Gasteiger partial charge in [-0.05, 0) is 48.9 Å². The van der Waals surface area contributed by atoms with Crippen molar-refractivity contribution in [3.8, 4) is 0 Å². The van der Waals surface area contributed by atoms with Crippen LogP contribution < -0.4 is 5.32 Å². The number of hydrogen-bond donors (Lipinski definition) is 3. The fraction of sp³-hybridized carbons (Fsp3) is 0.500. The van der Waals surface area contributed by atoms with Crippen LogP contribution >= 0.6 is 0 Å². The molecule has 0 radical (unpaired) electrons. The Labute approximate surface area is 163 Å². The van der Waals surface area contributed by atoms with Crippen LogP contribution in [-0.2, 0) is 11.2 Å². The molecule has 0 fully saturated rings. The zero-order valence-corrected chi connectivity index (χ0v) is 16.2. The third kappa shape index (κ3) is 4.81. The van der Waals surface area contributed by atoms with Crippen LogP contribution in [0.2, 0.25) is 0 Å². The number of carboxylic acid groups (broad SMARTS) is 1. The first kappa shape index (κ1) is 20.1. The lowest BCUT2D eigenvalue weighted by molar-refractivity contribution is -0.143. The van der Waals surface area contributed by atoms with Gasteiger partial charge in [0.2, 0.25) is 0 Å². The molecule has 28 heavy (non-hydrogen) atoms. The first-order chi connectivity index (χ1) is 13.5. The standard InChI is InChI=1S/C20H26FN5O2/c1-12(2)9-17(20(27)28)16(19-23-25-26-24-19)10-13-3-4-15(18(21)11-13)14-5-7-22-8-6-14/h3-5,11-12,16-17,22H,6-10H2,1-2H3,(H,27,28)(H,23,24,25,26). The minimum atomic E-state index is -0.902. The van der Waals surface area contributed by atoms with Crippen LogP contribution in [0.25, 0.3) is 5.57 Å². The molecule has 7 nitrogen and oxygen atoms in total.